The number of nitrogens with zero attached hydrogens (tertiary/aromatic N) is 1. The van der Waals surface area contributed by atoms with Crippen molar-refractivity contribution >= 4 is 54.4 Å². The molecule has 1 N–H and O–H groups in total. The van der Waals surface area contributed by atoms with Crippen LogP contribution < -0.4 is 3.07 Å². The zero-order valence-corrected chi connectivity index (χ0v) is 19.8. The number of aliphatic hydroxyl groups is 1. The Morgan fingerprint density at radius 1 is 0.821 bits per heavy atom. The van der Waals surface area contributed by atoms with Crippen LogP contribution in [-0.4, -0.2) is 65.2 Å². The smallest absolute Gasteiger partial charge is 0.192 e. The Balaban J connectivity index is 1.95. The standard InChI is InChI=1S/C20H30B4INO2/c21-19(22,20(23,24)27)26(14-4-8-16-6-2-1-3-7-16)15-5-9-17-10-12-18(28-25)13-11-17/h1-3,6-7,10-13,27H,4-5,8-9,14-15,21-24H2. The molecule has 0 bridgehead atoms. The molecule has 0 fully saturated rings. The third-order valence-corrected chi connectivity index (χ3v) is 6.44. The summed E-state index contributed by atoms with van der Waals surface area (Å²) in [6.07, 6.45) is 4.25. The highest BCUT2D eigenvalue weighted by molar-refractivity contribution is 14.1. The number of halogens is 1. The van der Waals surface area contributed by atoms with E-state index in [9.17, 15) is 5.11 Å². The maximum atomic E-state index is 10.7. The highest BCUT2D eigenvalue weighted by atomic mass is 127. The summed E-state index contributed by atoms with van der Waals surface area (Å²) in [6, 6.07) is 18.9. The topological polar surface area (TPSA) is 32.7 Å². The molecule has 0 aromatic heterocycles. The van der Waals surface area contributed by atoms with Crippen LogP contribution in [0.4, 0.5) is 0 Å². The summed E-state index contributed by atoms with van der Waals surface area (Å²) < 4.78 is 5.21. The minimum atomic E-state index is -0.765. The van der Waals surface area contributed by atoms with Gasteiger partial charge < -0.3 is 13.1 Å². The average molecular weight is 487 g/mol. The number of hydrogen-bond donors (Lipinski definition) is 1. The Morgan fingerprint density at radius 3 is 1.79 bits per heavy atom. The van der Waals surface area contributed by atoms with Gasteiger partial charge in [0.1, 0.15) is 37.1 Å². The summed E-state index contributed by atoms with van der Waals surface area (Å²) in [5.41, 5.74) is 2.70. The first kappa shape index (κ1) is 23.4. The van der Waals surface area contributed by atoms with E-state index in [0.29, 0.717) is 0 Å². The van der Waals surface area contributed by atoms with Gasteiger partial charge in [0.05, 0.1) is 0 Å². The van der Waals surface area contributed by atoms with E-state index in [-0.39, 0.29) is 5.34 Å². The van der Waals surface area contributed by atoms with Crippen LogP contribution in [0.1, 0.15) is 24.0 Å². The molecule has 0 aliphatic carbocycles. The minimum absolute atomic E-state index is 0.289. The zero-order chi connectivity index (χ0) is 20.6. The second-order valence-corrected chi connectivity index (χ2v) is 8.96. The fourth-order valence-corrected chi connectivity index (χ4v) is 3.65. The first-order valence-electron chi connectivity index (χ1n) is 10.1. The molecule has 8 heteroatoms. The first-order chi connectivity index (χ1) is 13.2. The highest BCUT2D eigenvalue weighted by Gasteiger charge is 2.38. The third kappa shape index (κ3) is 6.89. The summed E-state index contributed by atoms with van der Waals surface area (Å²) in [5, 5.41) is 9.70. The molecule has 0 aliphatic rings. The Hall–Kier alpha value is -0.850. The number of aryl methyl sites for hydroxylation is 2. The molecule has 0 spiro atoms. The predicted octanol–water partition coefficient (Wildman–Crippen LogP) is 0.115. The average Bonchev–Trinajstić information content (AvgIpc) is 2.67. The fourth-order valence-electron chi connectivity index (χ4n) is 3.36. The summed E-state index contributed by atoms with van der Waals surface area (Å²) >= 11 is 1.90. The van der Waals surface area contributed by atoms with Crippen molar-refractivity contribution < 1.29 is 8.17 Å². The van der Waals surface area contributed by atoms with Crippen LogP contribution in [0, 0.1) is 0 Å². The molecule has 0 unspecified atom stereocenters. The molecule has 0 saturated heterocycles. The molecule has 3 nitrogen and oxygen atoms in total. The lowest BCUT2D eigenvalue weighted by Crippen LogP contribution is -2.67. The van der Waals surface area contributed by atoms with Crippen molar-refractivity contribution in [2.75, 3.05) is 13.1 Å². The Labute approximate surface area is 187 Å². The normalized spacial score (nSPS) is 12.2. The van der Waals surface area contributed by atoms with Crippen molar-refractivity contribution in [2.45, 2.75) is 36.4 Å². The lowest BCUT2D eigenvalue weighted by Gasteiger charge is -2.48. The molecule has 0 aliphatic heterocycles. The molecule has 2 aromatic rings. The summed E-state index contributed by atoms with van der Waals surface area (Å²) in [7, 11) is 8.14. The molecule has 0 atom stereocenters. The van der Waals surface area contributed by atoms with Gasteiger partial charge in [-0.3, -0.25) is 0 Å². The summed E-state index contributed by atoms with van der Waals surface area (Å²) in [4.78, 5) is 2.46. The van der Waals surface area contributed by atoms with E-state index >= 15 is 0 Å². The number of benzene rings is 2. The van der Waals surface area contributed by atoms with Gasteiger partial charge in [0.15, 0.2) is 23.0 Å². The third-order valence-electron chi connectivity index (χ3n) is 5.93. The van der Waals surface area contributed by atoms with Crippen LogP contribution in [0.5, 0.6) is 5.75 Å². The maximum absolute atomic E-state index is 10.7. The molecule has 28 heavy (non-hydrogen) atoms. The predicted molar refractivity (Wildman–Crippen MR) is 138 cm³/mol. The van der Waals surface area contributed by atoms with Crippen LogP contribution >= 0.6 is 23.0 Å². The second-order valence-electron chi connectivity index (χ2n) is 8.52. The molecule has 0 saturated carbocycles. The van der Waals surface area contributed by atoms with Crippen molar-refractivity contribution in [1.29, 1.82) is 0 Å². The molecule has 0 amide bonds. The van der Waals surface area contributed by atoms with Gasteiger partial charge in [0, 0.05) is 5.40 Å². The van der Waals surface area contributed by atoms with Crippen LogP contribution in [0.25, 0.3) is 0 Å². The zero-order valence-electron chi connectivity index (χ0n) is 17.6. The van der Waals surface area contributed by atoms with Crippen molar-refractivity contribution in [3.05, 3.63) is 65.7 Å². The van der Waals surface area contributed by atoms with Gasteiger partial charge in [0.2, 0.25) is 0 Å². The van der Waals surface area contributed by atoms with Gasteiger partial charge in [-0.2, -0.15) is 0 Å². The lowest BCUT2D eigenvalue weighted by atomic mass is 9.39. The molecular weight excluding hydrogens is 456 g/mol. The van der Waals surface area contributed by atoms with Gasteiger partial charge in [-0.05, 0) is 67.4 Å². The second kappa shape index (κ2) is 10.8. The Bertz CT molecular complexity index is 708. The van der Waals surface area contributed by atoms with Crippen LogP contribution in [0.15, 0.2) is 54.6 Å². The number of hydrogen-bond acceptors (Lipinski definition) is 3. The molecule has 2 aromatic carbocycles. The monoisotopic (exact) mass is 487 g/mol. The van der Waals surface area contributed by atoms with E-state index in [0.717, 1.165) is 44.5 Å². The fraction of sp³-hybridized carbons (Fsp3) is 0.400. The van der Waals surface area contributed by atoms with Crippen molar-refractivity contribution in [3.63, 3.8) is 0 Å². The maximum Gasteiger partial charge on any atom is 0.192 e. The highest BCUT2D eigenvalue weighted by Crippen LogP contribution is 2.21. The van der Waals surface area contributed by atoms with E-state index in [1.165, 1.54) is 11.1 Å². The van der Waals surface area contributed by atoms with Crippen LogP contribution in [0.3, 0.4) is 0 Å². The molecular formula is C20H30B4INO2. The number of rotatable bonds is 11. The van der Waals surface area contributed by atoms with Gasteiger partial charge >= 0.3 is 0 Å². The Morgan fingerprint density at radius 2 is 1.32 bits per heavy atom. The van der Waals surface area contributed by atoms with Crippen LogP contribution in [0.2, 0.25) is 0 Å². The largest absolute Gasteiger partial charge is 0.428 e. The van der Waals surface area contributed by atoms with Crippen molar-refractivity contribution in [3.8, 4) is 5.75 Å². The molecule has 2 rings (SSSR count). The van der Waals surface area contributed by atoms with Gasteiger partial charge in [0.25, 0.3) is 0 Å². The Kier molecular flexibility index (Phi) is 9.03. The van der Waals surface area contributed by atoms with E-state index < -0.39 is 5.40 Å². The minimum Gasteiger partial charge on any atom is -0.428 e. The first-order valence-corrected chi connectivity index (χ1v) is 11.0. The van der Waals surface area contributed by atoms with Gasteiger partial charge in [-0.25, -0.2) is 0 Å². The van der Waals surface area contributed by atoms with E-state index in [4.69, 9.17) is 3.07 Å². The van der Waals surface area contributed by atoms with Crippen molar-refractivity contribution in [2.24, 2.45) is 0 Å². The molecule has 0 heterocycles. The van der Waals surface area contributed by atoms with Crippen molar-refractivity contribution in [1.82, 2.24) is 4.90 Å². The SMILES string of the molecule is BC(B)(O)C(B)(B)N(CCCc1ccccc1)CCCc1ccc(OI)cc1. The van der Waals surface area contributed by atoms with E-state index in [1.807, 2.05) is 50.8 Å². The van der Waals surface area contributed by atoms with E-state index in [1.54, 1.807) is 0 Å². The summed E-state index contributed by atoms with van der Waals surface area (Å²) in [5.74, 6) is 0.884. The quantitative estimate of drug-likeness (QED) is 0.362. The van der Waals surface area contributed by atoms with Gasteiger partial charge in [-0.1, -0.05) is 42.5 Å². The molecule has 0 radical (unpaired) electrons. The van der Waals surface area contributed by atoms with Gasteiger partial charge in [-0.15, -0.1) is 0 Å². The lowest BCUT2D eigenvalue weighted by molar-refractivity contribution is 0.0884. The van der Waals surface area contributed by atoms with Crippen LogP contribution in [-0.2, 0) is 12.8 Å². The van der Waals surface area contributed by atoms with E-state index in [2.05, 4.69) is 63.1 Å². The molecule has 146 valence electrons. The summed E-state index contributed by atoms with van der Waals surface area (Å²) in [6.45, 7) is 1.95.